The van der Waals surface area contributed by atoms with E-state index in [9.17, 15) is 4.79 Å². The fourth-order valence-electron chi connectivity index (χ4n) is 5.22. The van der Waals surface area contributed by atoms with Crippen LogP contribution in [-0.4, -0.2) is 37.9 Å². The Balaban J connectivity index is 1.16. The van der Waals surface area contributed by atoms with Gasteiger partial charge in [-0.15, -0.1) is 0 Å². The number of nitrogens with two attached hydrogens (primary N) is 1. The molecule has 1 saturated carbocycles. The Morgan fingerprint density at radius 2 is 1.59 bits per heavy atom. The molecule has 0 aliphatic heterocycles. The van der Waals surface area contributed by atoms with Crippen LogP contribution in [0, 0.1) is 12.8 Å². The lowest BCUT2D eigenvalue weighted by Crippen LogP contribution is -2.40. The van der Waals surface area contributed by atoms with E-state index in [0.29, 0.717) is 29.1 Å². The summed E-state index contributed by atoms with van der Waals surface area (Å²) in [5.74, 6) is 2.77. The number of nitrogens with zero attached hydrogens (tertiary/aromatic N) is 4. The number of aryl methyl sites for hydroxylation is 1. The Hall–Kier alpha value is -4.47. The normalized spacial score (nSPS) is 17.0. The van der Waals surface area contributed by atoms with Crippen molar-refractivity contribution in [3.05, 3.63) is 77.8 Å². The predicted molar refractivity (Wildman–Crippen MR) is 152 cm³/mol. The molecule has 2 N–H and O–H groups in total. The SMILES string of the molecule is Cc1nc(-c2ccnc(Oc3ccc(C(C)(C)c4ccc(OC5CC(CC(C)(C)OC(N)=O)C5)cc4)cc3)n2)no1. The van der Waals surface area contributed by atoms with E-state index in [1.165, 1.54) is 5.56 Å². The standard InChI is InChI=1S/C31H35N5O5/c1-19-34-27(36-41-19)26-14-15-33-29(35-26)39-24-12-8-22(9-13-24)31(4,5)21-6-10-23(11-7-21)38-25-16-20(17-25)18-30(2,3)40-28(32)37/h6-15,20,25H,16-18H2,1-5H3,(H2,32,37). The Bertz CT molecular complexity index is 1490. The molecule has 0 saturated heterocycles. The Labute approximate surface area is 239 Å². The van der Waals surface area contributed by atoms with Gasteiger partial charge in [-0.1, -0.05) is 43.3 Å². The van der Waals surface area contributed by atoms with Crippen molar-refractivity contribution in [2.24, 2.45) is 11.7 Å². The predicted octanol–water partition coefficient (Wildman–Crippen LogP) is 6.37. The molecular formula is C31H35N5O5. The summed E-state index contributed by atoms with van der Waals surface area (Å²) in [6, 6.07) is 18.1. The van der Waals surface area contributed by atoms with Gasteiger partial charge in [0, 0.05) is 18.5 Å². The van der Waals surface area contributed by atoms with E-state index in [4.69, 9.17) is 24.5 Å². The zero-order valence-corrected chi connectivity index (χ0v) is 24.0. The highest BCUT2D eigenvalue weighted by Gasteiger charge is 2.36. The van der Waals surface area contributed by atoms with E-state index >= 15 is 0 Å². The summed E-state index contributed by atoms with van der Waals surface area (Å²) in [4.78, 5) is 23.9. The van der Waals surface area contributed by atoms with Crippen molar-refractivity contribution in [1.29, 1.82) is 0 Å². The Morgan fingerprint density at radius 3 is 2.17 bits per heavy atom. The lowest BCUT2D eigenvalue weighted by molar-refractivity contribution is -0.0131. The number of primary amides is 1. The van der Waals surface area contributed by atoms with Crippen LogP contribution in [0.4, 0.5) is 4.79 Å². The van der Waals surface area contributed by atoms with E-state index < -0.39 is 11.7 Å². The average Bonchev–Trinajstić information content (AvgIpc) is 3.34. The molecule has 2 heterocycles. The molecule has 4 aromatic rings. The number of aromatic nitrogens is 4. The number of rotatable bonds is 10. The van der Waals surface area contributed by atoms with E-state index in [0.717, 1.165) is 30.6 Å². The van der Waals surface area contributed by atoms with E-state index in [2.05, 4.69) is 46.1 Å². The molecule has 10 heteroatoms. The van der Waals surface area contributed by atoms with Gasteiger partial charge in [0.25, 0.3) is 0 Å². The Morgan fingerprint density at radius 1 is 0.951 bits per heavy atom. The smallest absolute Gasteiger partial charge is 0.405 e. The Kier molecular flexibility index (Phi) is 7.66. The fourth-order valence-corrected chi connectivity index (χ4v) is 5.22. The summed E-state index contributed by atoms with van der Waals surface area (Å²) < 4.78 is 22.3. The molecule has 1 amide bonds. The lowest BCUT2D eigenvalue weighted by atomic mass is 9.76. The largest absolute Gasteiger partial charge is 0.490 e. The molecule has 0 atom stereocenters. The van der Waals surface area contributed by atoms with Crippen molar-refractivity contribution in [1.82, 2.24) is 20.1 Å². The van der Waals surface area contributed by atoms with Crippen molar-refractivity contribution in [2.75, 3.05) is 0 Å². The molecule has 0 unspecified atom stereocenters. The van der Waals surface area contributed by atoms with Gasteiger partial charge in [0.2, 0.25) is 11.7 Å². The molecule has 2 aromatic heterocycles. The van der Waals surface area contributed by atoms with Gasteiger partial charge in [0.05, 0.1) is 6.10 Å². The fraction of sp³-hybridized carbons (Fsp3) is 0.387. The number of amides is 1. The number of carbonyl (C=O) groups excluding carboxylic acids is 1. The molecule has 0 spiro atoms. The molecule has 0 bridgehead atoms. The number of hydrogen-bond acceptors (Lipinski definition) is 9. The first kappa shape index (κ1) is 28.1. The van der Waals surface area contributed by atoms with Crippen molar-refractivity contribution >= 4 is 6.09 Å². The first-order valence-corrected chi connectivity index (χ1v) is 13.6. The van der Waals surface area contributed by atoms with Gasteiger partial charge < -0.3 is 24.5 Å². The summed E-state index contributed by atoms with van der Waals surface area (Å²) in [7, 11) is 0. The molecule has 214 valence electrons. The van der Waals surface area contributed by atoms with Gasteiger partial charge in [-0.05, 0) is 80.5 Å². The van der Waals surface area contributed by atoms with Crippen LogP contribution in [0.25, 0.3) is 11.5 Å². The van der Waals surface area contributed by atoms with Crippen molar-refractivity contribution in [2.45, 2.75) is 71.0 Å². The molecule has 1 fully saturated rings. The summed E-state index contributed by atoms with van der Waals surface area (Å²) in [6.07, 6.45) is 3.66. The van der Waals surface area contributed by atoms with E-state index in [1.807, 2.05) is 50.2 Å². The number of benzene rings is 2. The second-order valence-electron chi connectivity index (χ2n) is 11.6. The van der Waals surface area contributed by atoms with Crippen LogP contribution in [0.3, 0.4) is 0 Å². The zero-order valence-electron chi connectivity index (χ0n) is 24.0. The third-order valence-electron chi connectivity index (χ3n) is 7.40. The van der Waals surface area contributed by atoms with Gasteiger partial charge in [-0.3, -0.25) is 0 Å². The van der Waals surface area contributed by atoms with Crippen molar-refractivity contribution in [3.63, 3.8) is 0 Å². The van der Waals surface area contributed by atoms with Crippen molar-refractivity contribution in [3.8, 4) is 29.0 Å². The van der Waals surface area contributed by atoms with Crippen LogP contribution in [0.5, 0.6) is 17.5 Å². The second kappa shape index (κ2) is 11.2. The minimum Gasteiger partial charge on any atom is -0.490 e. The molecule has 5 rings (SSSR count). The highest BCUT2D eigenvalue weighted by Crippen LogP contribution is 2.39. The van der Waals surface area contributed by atoms with Crippen LogP contribution in [0.1, 0.15) is 64.0 Å². The number of ether oxygens (including phenoxy) is 3. The topological polar surface area (TPSA) is 135 Å². The summed E-state index contributed by atoms with van der Waals surface area (Å²) in [5.41, 5.74) is 7.20. The molecule has 10 nitrogen and oxygen atoms in total. The van der Waals surface area contributed by atoms with Gasteiger partial charge in [0.1, 0.15) is 22.8 Å². The monoisotopic (exact) mass is 557 g/mol. The van der Waals surface area contributed by atoms with Gasteiger partial charge in [-0.25, -0.2) is 9.78 Å². The maximum absolute atomic E-state index is 11.1. The summed E-state index contributed by atoms with van der Waals surface area (Å²) in [6.45, 7) is 9.87. The van der Waals surface area contributed by atoms with E-state index in [1.54, 1.807) is 19.2 Å². The summed E-state index contributed by atoms with van der Waals surface area (Å²) in [5, 5.41) is 3.89. The highest BCUT2D eigenvalue weighted by atomic mass is 16.6. The number of hydrogen-bond donors (Lipinski definition) is 1. The second-order valence-corrected chi connectivity index (χ2v) is 11.6. The van der Waals surface area contributed by atoms with Crippen LogP contribution >= 0.6 is 0 Å². The first-order chi connectivity index (χ1) is 19.5. The maximum Gasteiger partial charge on any atom is 0.405 e. The highest BCUT2D eigenvalue weighted by molar-refractivity contribution is 5.65. The van der Waals surface area contributed by atoms with Gasteiger partial charge in [0.15, 0.2) is 0 Å². The number of carbonyl (C=O) groups is 1. The van der Waals surface area contributed by atoms with Crippen LogP contribution in [0.15, 0.2) is 65.3 Å². The molecule has 1 aliphatic rings. The maximum atomic E-state index is 11.1. The zero-order chi connectivity index (χ0) is 29.2. The summed E-state index contributed by atoms with van der Waals surface area (Å²) >= 11 is 0. The van der Waals surface area contributed by atoms with Crippen molar-refractivity contribution < 1.29 is 23.5 Å². The van der Waals surface area contributed by atoms with Crippen LogP contribution < -0.4 is 15.2 Å². The quantitative estimate of drug-likeness (QED) is 0.236. The molecular weight excluding hydrogens is 522 g/mol. The third-order valence-corrected chi connectivity index (χ3v) is 7.40. The average molecular weight is 558 g/mol. The lowest BCUT2D eigenvalue weighted by Gasteiger charge is -2.39. The van der Waals surface area contributed by atoms with Crippen LogP contribution in [0.2, 0.25) is 0 Å². The molecule has 1 aliphatic carbocycles. The molecule has 2 aromatic carbocycles. The van der Waals surface area contributed by atoms with E-state index in [-0.39, 0.29) is 17.5 Å². The third kappa shape index (κ3) is 6.82. The van der Waals surface area contributed by atoms with Gasteiger partial charge in [-0.2, -0.15) is 9.97 Å². The molecule has 41 heavy (non-hydrogen) atoms. The minimum absolute atomic E-state index is 0.164. The van der Waals surface area contributed by atoms with Crippen LogP contribution in [-0.2, 0) is 10.2 Å². The molecule has 0 radical (unpaired) electrons. The first-order valence-electron chi connectivity index (χ1n) is 13.6. The minimum atomic E-state index is -0.734. The van der Waals surface area contributed by atoms with Gasteiger partial charge >= 0.3 is 12.1 Å².